The smallest absolute Gasteiger partial charge is 0.147 e. The molecule has 1 heterocycles. The fourth-order valence-electron chi connectivity index (χ4n) is 1.26. The quantitative estimate of drug-likeness (QED) is 0.762. The van der Waals surface area contributed by atoms with Crippen molar-refractivity contribution in [3.63, 3.8) is 0 Å². The van der Waals surface area contributed by atoms with Crippen LogP contribution in [-0.2, 0) is 0 Å². The number of rotatable bonds is 5. The molecule has 0 amide bonds. The highest BCUT2D eigenvalue weighted by Gasteiger charge is 2.12. The molecule has 0 aliphatic carbocycles. The number of hydrogen-bond donors (Lipinski definition) is 1. The van der Waals surface area contributed by atoms with Gasteiger partial charge in [0, 0.05) is 31.4 Å². The van der Waals surface area contributed by atoms with Gasteiger partial charge in [0.25, 0.3) is 0 Å². The molecule has 0 fully saturated rings. The molecular weight excluding hydrogens is 208 g/mol. The molecular formula is C10H16N4S. The number of nitrogens with zero attached hydrogens (tertiary/aromatic N) is 3. The van der Waals surface area contributed by atoms with Crippen molar-refractivity contribution < 1.29 is 0 Å². The van der Waals surface area contributed by atoms with Gasteiger partial charge in [0.2, 0.25) is 0 Å². The second-order valence-electron chi connectivity index (χ2n) is 3.41. The summed E-state index contributed by atoms with van der Waals surface area (Å²) in [5.74, 6) is 1.05. The minimum absolute atomic E-state index is 0.182. The van der Waals surface area contributed by atoms with Crippen molar-refractivity contribution in [3.05, 3.63) is 18.6 Å². The topological polar surface area (TPSA) is 55.0 Å². The summed E-state index contributed by atoms with van der Waals surface area (Å²) >= 11 is 4.95. The van der Waals surface area contributed by atoms with Gasteiger partial charge in [0.15, 0.2) is 0 Å². The standard InChI is InChI=1S/C10H16N4S/c1-3-14(7-8(2)10(11)15)9-6-12-4-5-13-9/h4-6,8H,3,7H2,1-2H3,(H2,11,15). The predicted molar refractivity (Wildman–Crippen MR) is 65.9 cm³/mol. The zero-order chi connectivity index (χ0) is 11.3. The highest BCUT2D eigenvalue weighted by molar-refractivity contribution is 7.80. The highest BCUT2D eigenvalue weighted by atomic mass is 32.1. The first kappa shape index (κ1) is 11.8. The summed E-state index contributed by atoms with van der Waals surface area (Å²) in [5.41, 5.74) is 5.59. The summed E-state index contributed by atoms with van der Waals surface area (Å²) in [6.07, 6.45) is 5.09. The van der Waals surface area contributed by atoms with Crippen LogP contribution in [0.4, 0.5) is 5.82 Å². The van der Waals surface area contributed by atoms with Crippen molar-refractivity contribution in [3.8, 4) is 0 Å². The Labute approximate surface area is 95.5 Å². The lowest BCUT2D eigenvalue weighted by Crippen LogP contribution is -2.34. The SMILES string of the molecule is CCN(CC(C)C(N)=S)c1cnccn1. The van der Waals surface area contributed by atoms with Crippen LogP contribution in [0.1, 0.15) is 13.8 Å². The van der Waals surface area contributed by atoms with E-state index < -0.39 is 0 Å². The number of hydrogen-bond acceptors (Lipinski definition) is 4. The molecule has 1 atom stereocenters. The minimum atomic E-state index is 0.182. The summed E-state index contributed by atoms with van der Waals surface area (Å²) in [7, 11) is 0. The summed E-state index contributed by atoms with van der Waals surface area (Å²) in [6, 6.07) is 0. The summed E-state index contributed by atoms with van der Waals surface area (Å²) < 4.78 is 0. The molecule has 0 aliphatic heterocycles. The van der Waals surface area contributed by atoms with Crippen molar-refractivity contribution in [1.29, 1.82) is 0 Å². The third kappa shape index (κ3) is 3.43. The number of anilines is 1. The van der Waals surface area contributed by atoms with Gasteiger partial charge in [-0.15, -0.1) is 0 Å². The normalized spacial score (nSPS) is 12.1. The number of thiocarbonyl (C=S) groups is 1. The molecule has 4 nitrogen and oxygen atoms in total. The van der Waals surface area contributed by atoms with Gasteiger partial charge >= 0.3 is 0 Å². The van der Waals surface area contributed by atoms with Crippen LogP contribution in [0.3, 0.4) is 0 Å². The van der Waals surface area contributed by atoms with Crippen LogP contribution in [0.2, 0.25) is 0 Å². The second kappa shape index (κ2) is 5.60. The van der Waals surface area contributed by atoms with Crippen LogP contribution in [0.5, 0.6) is 0 Å². The third-order valence-electron chi connectivity index (χ3n) is 2.24. The summed E-state index contributed by atoms with van der Waals surface area (Å²) in [6.45, 7) is 5.73. The van der Waals surface area contributed by atoms with Crippen molar-refractivity contribution in [2.45, 2.75) is 13.8 Å². The molecule has 0 saturated carbocycles. The van der Waals surface area contributed by atoms with E-state index >= 15 is 0 Å². The lowest BCUT2D eigenvalue weighted by molar-refractivity contribution is 0.698. The van der Waals surface area contributed by atoms with E-state index in [-0.39, 0.29) is 5.92 Å². The van der Waals surface area contributed by atoms with Crippen LogP contribution < -0.4 is 10.6 Å². The van der Waals surface area contributed by atoms with Crippen molar-refractivity contribution in [1.82, 2.24) is 9.97 Å². The molecule has 5 heteroatoms. The molecule has 0 aromatic carbocycles. The van der Waals surface area contributed by atoms with Crippen molar-refractivity contribution in [2.24, 2.45) is 11.7 Å². The first-order valence-corrected chi connectivity index (χ1v) is 5.36. The van der Waals surface area contributed by atoms with Gasteiger partial charge in [-0.3, -0.25) is 4.98 Å². The van der Waals surface area contributed by atoms with Crippen LogP contribution in [0.15, 0.2) is 18.6 Å². The Bertz CT molecular complexity index is 314. The first-order chi connectivity index (χ1) is 7.15. The number of aromatic nitrogens is 2. The monoisotopic (exact) mass is 224 g/mol. The van der Waals surface area contributed by atoms with E-state index in [0.29, 0.717) is 4.99 Å². The van der Waals surface area contributed by atoms with Gasteiger partial charge in [-0.05, 0) is 6.92 Å². The van der Waals surface area contributed by atoms with Crippen LogP contribution in [0.25, 0.3) is 0 Å². The molecule has 15 heavy (non-hydrogen) atoms. The Kier molecular flexibility index (Phi) is 4.42. The lowest BCUT2D eigenvalue weighted by atomic mass is 10.1. The molecule has 2 N–H and O–H groups in total. The van der Waals surface area contributed by atoms with E-state index in [0.717, 1.165) is 18.9 Å². The van der Waals surface area contributed by atoms with Gasteiger partial charge in [-0.1, -0.05) is 19.1 Å². The van der Waals surface area contributed by atoms with Gasteiger partial charge < -0.3 is 10.6 Å². The fraction of sp³-hybridized carbons (Fsp3) is 0.500. The molecule has 1 rings (SSSR count). The Balaban J connectivity index is 2.69. The highest BCUT2D eigenvalue weighted by Crippen LogP contribution is 2.10. The summed E-state index contributed by atoms with van der Waals surface area (Å²) in [5, 5.41) is 0. The van der Waals surface area contributed by atoms with Gasteiger partial charge in [0.1, 0.15) is 5.82 Å². The van der Waals surface area contributed by atoms with E-state index in [1.54, 1.807) is 18.6 Å². The van der Waals surface area contributed by atoms with Crippen LogP contribution in [-0.4, -0.2) is 28.0 Å². The van der Waals surface area contributed by atoms with E-state index in [4.69, 9.17) is 18.0 Å². The zero-order valence-corrected chi connectivity index (χ0v) is 9.87. The Morgan fingerprint density at radius 1 is 1.60 bits per heavy atom. The third-order valence-corrected chi connectivity index (χ3v) is 2.64. The number of nitrogens with two attached hydrogens (primary N) is 1. The Hall–Kier alpha value is -1.23. The lowest BCUT2D eigenvalue weighted by Gasteiger charge is -2.24. The molecule has 1 aromatic rings. The Morgan fingerprint density at radius 2 is 2.33 bits per heavy atom. The maximum atomic E-state index is 5.59. The average molecular weight is 224 g/mol. The van der Waals surface area contributed by atoms with Gasteiger partial charge in [0.05, 0.1) is 11.2 Å². The van der Waals surface area contributed by atoms with Gasteiger partial charge in [-0.25, -0.2) is 4.98 Å². The maximum absolute atomic E-state index is 5.59. The molecule has 0 radical (unpaired) electrons. The van der Waals surface area contributed by atoms with Gasteiger partial charge in [-0.2, -0.15) is 0 Å². The molecule has 82 valence electrons. The van der Waals surface area contributed by atoms with Crippen molar-refractivity contribution >= 4 is 23.0 Å². The van der Waals surface area contributed by atoms with Crippen molar-refractivity contribution in [2.75, 3.05) is 18.0 Å². The Morgan fingerprint density at radius 3 is 2.80 bits per heavy atom. The predicted octanol–water partition coefficient (Wildman–Crippen LogP) is 1.23. The second-order valence-corrected chi connectivity index (χ2v) is 3.88. The molecule has 0 spiro atoms. The van der Waals surface area contributed by atoms with E-state index in [1.807, 2.05) is 6.92 Å². The molecule has 0 aliphatic rings. The molecule has 1 unspecified atom stereocenters. The average Bonchev–Trinajstić information content (AvgIpc) is 2.26. The molecule has 0 bridgehead atoms. The van der Waals surface area contributed by atoms with Crippen LogP contribution in [0, 0.1) is 5.92 Å². The maximum Gasteiger partial charge on any atom is 0.147 e. The van der Waals surface area contributed by atoms with E-state index in [1.165, 1.54) is 0 Å². The minimum Gasteiger partial charge on any atom is -0.393 e. The van der Waals surface area contributed by atoms with E-state index in [2.05, 4.69) is 21.8 Å². The zero-order valence-electron chi connectivity index (χ0n) is 9.05. The largest absolute Gasteiger partial charge is 0.393 e. The summed E-state index contributed by atoms with van der Waals surface area (Å²) in [4.78, 5) is 10.9. The molecule has 1 aromatic heterocycles. The molecule has 0 saturated heterocycles. The van der Waals surface area contributed by atoms with Crippen LogP contribution >= 0.6 is 12.2 Å². The first-order valence-electron chi connectivity index (χ1n) is 4.95. The fourth-order valence-corrected chi connectivity index (χ4v) is 1.33. The van der Waals surface area contributed by atoms with E-state index in [9.17, 15) is 0 Å².